The van der Waals surface area contributed by atoms with Crippen molar-refractivity contribution in [3.63, 3.8) is 0 Å². The third-order valence-electron chi connectivity index (χ3n) is 3.28. The Hall–Kier alpha value is -2.40. The fourth-order valence-corrected chi connectivity index (χ4v) is 2.21. The lowest BCUT2D eigenvalue weighted by molar-refractivity contribution is -0.384. The highest BCUT2D eigenvalue weighted by Gasteiger charge is 2.14. The lowest BCUT2D eigenvalue weighted by Crippen LogP contribution is -2.13. The highest BCUT2D eigenvalue weighted by Crippen LogP contribution is 2.31. The van der Waals surface area contributed by atoms with E-state index in [9.17, 15) is 15.2 Å². The molecule has 0 saturated heterocycles. The summed E-state index contributed by atoms with van der Waals surface area (Å²) in [7, 11) is 1.88. The van der Waals surface area contributed by atoms with Crippen LogP contribution in [0.25, 0.3) is 0 Å². The summed E-state index contributed by atoms with van der Waals surface area (Å²) in [4.78, 5) is 12.2. The van der Waals surface area contributed by atoms with E-state index < -0.39 is 4.92 Å². The summed E-state index contributed by atoms with van der Waals surface area (Å²) in [5, 5.41) is 20.2. The molecule has 0 unspecified atom stereocenters. The van der Waals surface area contributed by atoms with Crippen molar-refractivity contribution in [2.75, 3.05) is 11.9 Å². The summed E-state index contributed by atoms with van der Waals surface area (Å²) in [6.45, 7) is 1.75. The molecule has 104 valence electrons. The van der Waals surface area contributed by atoms with Gasteiger partial charge in [-0.25, -0.2) is 0 Å². The van der Waals surface area contributed by atoms with Crippen LogP contribution in [0.15, 0.2) is 42.5 Å². The first-order valence-electron chi connectivity index (χ1n) is 6.22. The van der Waals surface area contributed by atoms with Crippen LogP contribution in [0, 0.1) is 17.0 Å². The van der Waals surface area contributed by atoms with Gasteiger partial charge in [0.05, 0.1) is 11.5 Å². The Morgan fingerprint density at radius 2 is 1.90 bits per heavy atom. The molecule has 2 aromatic rings. The van der Waals surface area contributed by atoms with Gasteiger partial charge in [0.1, 0.15) is 0 Å². The highest BCUT2D eigenvalue weighted by atomic mass is 16.6. The Bertz CT molecular complexity index is 641. The highest BCUT2D eigenvalue weighted by molar-refractivity contribution is 5.69. The minimum absolute atomic E-state index is 0.0176. The molecule has 0 fully saturated rings. The molecule has 0 aliphatic carbocycles. The van der Waals surface area contributed by atoms with Crippen LogP contribution in [0.1, 0.15) is 11.1 Å². The second-order valence-corrected chi connectivity index (χ2v) is 4.57. The number of aliphatic hydroxyl groups is 1. The zero-order chi connectivity index (χ0) is 14.7. The molecule has 0 bridgehead atoms. The Balaban J connectivity index is 2.47. The van der Waals surface area contributed by atoms with E-state index in [0.717, 1.165) is 16.9 Å². The van der Waals surface area contributed by atoms with Gasteiger partial charge in [0.2, 0.25) is 0 Å². The maximum atomic E-state index is 10.8. The summed E-state index contributed by atoms with van der Waals surface area (Å²) in [6, 6.07) is 12.4. The second kappa shape index (κ2) is 5.71. The van der Waals surface area contributed by atoms with Crippen molar-refractivity contribution >= 4 is 17.1 Å². The summed E-state index contributed by atoms with van der Waals surface area (Å²) in [6.07, 6.45) is 0. The van der Waals surface area contributed by atoms with Crippen molar-refractivity contribution in [2.45, 2.75) is 13.5 Å². The molecule has 0 saturated carbocycles. The minimum atomic E-state index is -0.462. The van der Waals surface area contributed by atoms with Gasteiger partial charge in [-0.1, -0.05) is 18.2 Å². The first-order valence-corrected chi connectivity index (χ1v) is 6.22. The quantitative estimate of drug-likeness (QED) is 0.685. The van der Waals surface area contributed by atoms with Gasteiger partial charge in [-0.05, 0) is 24.6 Å². The van der Waals surface area contributed by atoms with Gasteiger partial charge in [0.25, 0.3) is 5.69 Å². The number of para-hydroxylation sites is 1. The molecule has 5 heteroatoms. The van der Waals surface area contributed by atoms with Gasteiger partial charge in [0.15, 0.2) is 0 Å². The zero-order valence-electron chi connectivity index (χ0n) is 11.4. The van der Waals surface area contributed by atoms with E-state index in [1.165, 1.54) is 12.1 Å². The molecule has 0 radical (unpaired) electrons. The van der Waals surface area contributed by atoms with E-state index in [4.69, 9.17) is 0 Å². The molecule has 0 amide bonds. The van der Waals surface area contributed by atoms with Gasteiger partial charge in [-0.3, -0.25) is 10.1 Å². The average molecular weight is 272 g/mol. The summed E-state index contributed by atoms with van der Waals surface area (Å²) in [5.74, 6) is 0. The summed E-state index contributed by atoms with van der Waals surface area (Å²) >= 11 is 0. The van der Waals surface area contributed by atoms with Crippen LogP contribution in [0.2, 0.25) is 0 Å². The van der Waals surface area contributed by atoms with Crippen molar-refractivity contribution < 1.29 is 10.0 Å². The fraction of sp³-hybridized carbons (Fsp3) is 0.200. The fourth-order valence-electron chi connectivity index (χ4n) is 2.21. The molecule has 2 rings (SSSR count). The third kappa shape index (κ3) is 2.62. The molecule has 5 nitrogen and oxygen atoms in total. The van der Waals surface area contributed by atoms with Crippen molar-refractivity contribution in [3.8, 4) is 0 Å². The number of hydrogen-bond donors (Lipinski definition) is 1. The number of non-ortho nitro benzene ring substituents is 1. The molecule has 0 heterocycles. The number of benzene rings is 2. The molecule has 0 spiro atoms. The van der Waals surface area contributed by atoms with Crippen LogP contribution in [0.4, 0.5) is 17.1 Å². The van der Waals surface area contributed by atoms with E-state index in [-0.39, 0.29) is 12.3 Å². The standard InChI is InChI=1S/C15H16N2O3/c1-11-5-3-4-6-14(11)16(2)15-8-7-13(17(19)20)9-12(15)10-18/h3-9,18H,10H2,1-2H3. The Labute approximate surface area is 117 Å². The predicted molar refractivity (Wildman–Crippen MR) is 78.3 cm³/mol. The molecule has 2 aromatic carbocycles. The zero-order valence-corrected chi connectivity index (χ0v) is 11.4. The van der Waals surface area contributed by atoms with E-state index in [1.54, 1.807) is 6.07 Å². The third-order valence-corrected chi connectivity index (χ3v) is 3.28. The number of aryl methyl sites for hydroxylation is 1. The van der Waals surface area contributed by atoms with Gasteiger partial charge < -0.3 is 10.0 Å². The van der Waals surface area contributed by atoms with Crippen LogP contribution in [-0.4, -0.2) is 17.1 Å². The van der Waals surface area contributed by atoms with Crippen LogP contribution >= 0.6 is 0 Å². The number of nitro benzene ring substituents is 1. The lowest BCUT2D eigenvalue weighted by Gasteiger charge is -2.23. The molecule has 0 atom stereocenters. The maximum Gasteiger partial charge on any atom is 0.269 e. The van der Waals surface area contributed by atoms with Crippen molar-refractivity contribution in [1.29, 1.82) is 0 Å². The normalized spacial score (nSPS) is 10.3. The number of anilines is 2. The van der Waals surface area contributed by atoms with Gasteiger partial charge in [-0.2, -0.15) is 0 Å². The van der Waals surface area contributed by atoms with E-state index >= 15 is 0 Å². The lowest BCUT2D eigenvalue weighted by atomic mass is 10.1. The number of aliphatic hydroxyl groups excluding tert-OH is 1. The number of nitrogens with zero attached hydrogens (tertiary/aromatic N) is 2. The monoisotopic (exact) mass is 272 g/mol. The molecule has 0 aliphatic rings. The van der Waals surface area contributed by atoms with E-state index in [2.05, 4.69) is 0 Å². The van der Waals surface area contributed by atoms with Gasteiger partial charge >= 0.3 is 0 Å². The molecular formula is C15H16N2O3. The second-order valence-electron chi connectivity index (χ2n) is 4.57. The first-order chi connectivity index (χ1) is 9.54. The van der Waals surface area contributed by atoms with Gasteiger partial charge in [-0.15, -0.1) is 0 Å². The van der Waals surface area contributed by atoms with E-state index in [0.29, 0.717) is 5.56 Å². The van der Waals surface area contributed by atoms with E-state index in [1.807, 2.05) is 43.1 Å². The Morgan fingerprint density at radius 1 is 1.20 bits per heavy atom. The molecule has 1 N–H and O–H groups in total. The van der Waals surface area contributed by atoms with Crippen molar-refractivity contribution in [3.05, 3.63) is 63.7 Å². The van der Waals surface area contributed by atoms with Crippen LogP contribution < -0.4 is 4.90 Å². The summed E-state index contributed by atoms with van der Waals surface area (Å²) in [5.41, 5.74) is 3.36. The smallest absolute Gasteiger partial charge is 0.269 e. The number of rotatable bonds is 4. The summed E-state index contributed by atoms with van der Waals surface area (Å²) < 4.78 is 0. The Kier molecular flexibility index (Phi) is 4.00. The molecular weight excluding hydrogens is 256 g/mol. The first kappa shape index (κ1) is 14.0. The minimum Gasteiger partial charge on any atom is -0.392 e. The molecule has 0 aliphatic heterocycles. The molecule has 0 aromatic heterocycles. The largest absolute Gasteiger partial charge is 0.392 e. The Morgan fingerprint density at radius 3 is 2.50 bits per heavy atom. The van der Waals surface area contributed by atoms with Gasteiger partial charge in [0, 0.05) is 36.1 Å². The molecule has 20 heavy (non-hydrogen) atoms. The average Bonchev–Trinajstić information content (AvgIpc) is 2.46. The predicted octanol–water partition coefficient (Wildman–Crippen LogP) is 3.16. The SMILES string of the molecule is Cc1ccccc1N(C)c1ccc([N+](=O)[O-])cc1CO. The topological polar surface area (TPSA) is 66.6 Å². The van der Waals surface area contributed by atoms with Crippen molar-refractivity contribution in [1.82, 2.24) is 0 Å². The van der Waals surface area contributed by atoms with Crippen LogP contribution in [0.3, 0.4) is 0 Å². The van der Waals surface area contributed by atoms with Crippen LogP contribution in [-0.2, 0) is 6.61 Å². The van der Waals surface area contributed by atoms with Crippen molar-refractivity contribution in [2.24, 2.45) is 0 Å². The van der Waals surface area contributed by atoms with Crippen LogP contribution in [0.5, 0.6) is 0 Å². The number of hydrogen-bond acceptors (Lipinski definition) is 4. The number of nitro groups is 1. The maximum absolute atomic E-state index is 10.8.